The van der Waals surface area contributed by atoms with Crippen LogP contribution >= 0.6 is 0 Å². The van der Waals surface area contributed by atoms with E-state index in [4.69, 9.17) is 9.47 Å². The minimum Gasteiger partial charge on any atom is -0.484 e. The molecule has 0 spiro atoms. The van der Waals surface area contributed by atoms with Crippen molar-refractivity contribution in [1.82, 2.24) is 5.32 Å². The zero-order valence-electron chi connectivity index (χ0n) is 15.4. The third kappa shape index (κ3) is 6.58. The molecule has 0 aromatic heterocycles. The molecule has 0 fully saturated rings. The van der Waals surface area contributed by atoms with Crippen molar-refractivity contribution >= 4 is 17.7 Å². The molecule has 6 heteroatoms. The molecule has 142 valence electrons. The van der Waals surface area contributed by atoms with Gasteiger partial charge in [-0.15, -0.1) is 0 Å². The third-order valence-corrected chi connectivity index (χ3v) is 3.84. The van der Waals surface area contributed by atoms with Crippen molar-refractivity contribution < 1.29 is 23.9 Å². The number of carbonyl (C=O) groups excluding carboxylic acids is 3. The quantitative estimate of drug-likeness (QED) is 0.687. The van der Waals surface area contributed by atoms with Gasteiger partial charge in [0.25, 0.3) is 5.91 Å². The van der Waals surface area contributed by atoms with Gasteiger partial charge in [-0.05, 0) is 50.1 Å². The fourth-order valence-electron chi connectivity index (χ4n) is 2.43. The molecule has 2 aromatic carbocycles. The lowest BCUT2D eigenvalue weighted by molar-refractivity contribution is -0.128. The molecule has 0 aliphatic rings. The predicted molar refractivity (Wildman–Crippen MR) is 101 cm³/mol. The zero-order valence-corrected chi connectivity index (χ0v) is 15.4. The van der Waals surface area contributed by atoms with Crippen molar-refractivity contribution in [2.75, 3.05) is 13.2 Å². The van der Waals surface area contributed by atoms with Crippen LogP contribution in [-0.2, 0) is 20.7 Å². The number of carbonyl (C=O) groups is 3. The largest absolute Gasteiger partial charge is 0.484 e. The topological polar surface area (TPSA) is 81.7 Å². The molecule has 0 saturated heterocycles. The van der Waals surface area contributed by atoms with Crippen LogP contribution in [0.4, 0.5) is 0 Å². The number of hydrogen-bond donors (Lipinski definition) is 1. The SMILES string of the molecule is CCOC(=O)c1ccc(OCC(=O)N[C@@H](Cc2ccccc2)C(C)=O)cc1. The molecule has 0 aliphatic heterocycles. The maximum atomic E-state index is 12.1. The first-order chi connectivity index (χ1) is 13.0. The monoisotopic (exact) mass is 369 g/mol. The number of amides is 1. The van der Waals surface area contributed by atoms with Gasteiger partial charge in [-0.25, -0.2) is 4.79 Å². The Balaban J connectivity index is 1.86. The summed E-state index contributed by atoms with van der Waals surface area (Å²) >= 11 is 0. The van der Waals surface area contributed by atoms with E-state index in [9.17, 15) is 14.4 Å². The van der Waals surface area contributed by atoms with Crippen molar-refractivity contribution in [3.8, 4) is 5.75 Å². The first-order valence-electron chi connectivity index (χ1n) is 8.73. The molecule has 1 amide bonds. The van der Waals surface area contributed by atoms with Crippen LogP contribution < -0.4 is 10.1 Å². The lowest BCUT2D eigenvalue weighted by atomic mass is 10.0. The predicted octanol–water partition coefficient (Wildman–Crippen LogP) is 2.56. The maximum Gasteiger partial charge on any atom is 0.338 e. The lowest BCUT2D eigenvalue weighted by Gasteiger charge is -2.16. The number of esters is 1. The van der Waals surface area contributed by atoms with Gasteiger partial charge < -0.3 is 14.8 Å². The van der Waals surface area contributed by atoms with Crippen LogP contribution in [0.25, 0.3) is 0 Å². The highest BCUT2D eigenvalue weighted by Crippen LogP contribution is 2.13. The van der Waals surface area contributed by atoms with Crippen LogP contribution in [0.2, 0.25) is 0 Å². The highest BCUT2D eigenvalue weighted by Gasteiger charge is 2.18. The molecule has 0 aliphatic carbocycles. The summed E-state index contributed by atoms with van der Waals surface area (Å²) < 4.78 is 10.3. The second kappa shape index (κ2) is 10.1. The van der Waals surface area contributed by atoms with Gasteiger partial charge in [-0.1, -0.05) is 30.3 Å². The summed E-state index contributed by atoms with van der Waals surface area (Å²) in [5.74, 6) is -0.473. The molecule has 1 atom stereocenters. The van der Waals surface area contributed by atoms with Crippen molar-refractivity contribution in [3.63, 3.8) is 0 Å². The number of benzene rings is 2. The van der Waals surface area contributed by atoms with Crippen molar-refractivity contribution in [1.29, 1.82) is 0 Å². The zero-order chi connectivity index (χ0) is 19.6. The molecule has 6 nitrogen and oxygen atoms in total. The Kier molecular flexibility index (Phi) is 7.55. The van der Waals surface area contributed by atoms with E-state index in [-0.39, 0.29) is 18.3 Å². The van der Waals surface area contributed by atoms with Crippen LogP contribution in [-0.4, -0.2) is 36.9 Å². The summed E-state index contributed by atoms with van der Waals surface area (Å²) in [6.07, 6.45) is 0.427. The summed E-state index contributed by atoms with van der Waals surface area (Å²) in [5.41, 5.74) is 1.38. The highest BCUT2D eigenvalue weighted by atomic mass is 16.5. The summed E-state index contributed by atoms with van der Waals surface area (Å²) in [6, 6.07) is 15.2. The van der Waals surface area contributed by atoms with Gasteiger partial charge in [-0.2, -0.15) is 0 Å². The number of ketones is 1. The van der Waals surface area contributed by atoms with E-state index in [0.717, 1.165) is 5.56 Å². The Hall–Kier alpha value is -3.15. The van der Waals surface area contributed by atoms with E-state index in [2.05, 4.69) is 5.32 Å². The number of rotatable bonds is 9. The Labute approximate surface area is 158 Å². The minimum atomic E-state index is -0.602. The molecule has 0 heterocycles. The fourth-order valence-corrected chi connectivity index (χ4v) is 2.43. The van der Waals surface area contributed by atoms with Crippen LogP contribution in [0.3, 0.4) is 0 Å². The average Bonchev–Trinajstić information content (AvgIpc) is 2.67. The Morgan fingerprint density at radius 1 is 1.00 bits per heavy atom. The van der Waals surface area contributed by atoms with Gasteiger partial charge in [0.2, 0.25) is 0 Å². The van der Waals surface area contributed by atoms with Crippen molar-refractivity contribution in [2.24, 2.45) is 0 Å². The van der Waals surface area contributed by atoms with E-state index < -0.39 is 12.0 Å². The average molecular weight is 369 g/mol. The standard InChI is InChI=1S/C21H23NO5/c1-3-26-21(25)17-9-11-18(12-10-17)27-14-20(24)22-19(15(2)23)13-16-7-5-4-6-8-16/h4-12,19H,3,13-14H2,1-2H3,(H,22,24)/t19-/m0/s1. The first kappa shape index (κ1) is 20.2. The molecule has 2 aromatic rings. The lowest BCUT2D eigenvalue weighted by Crippen LogP contribution is -2.43. The van der Waals surface area contributed by atoms with Gasteiger partial charge in [0.1, 0.15) is 5.75 Å². The van der Waals surface area contributed by atoms with E-state index in [1.165, 1.54) is 6.92 Å². The molecule has 0 saturated carbocycles. The summed E-state index contributed by atoms with van der Waals surface area (Å²) in [7, 11) is 0. The number of nitrogens with one attached hydrogen (secondary N) is 1. The van der Waals surface area contributed by atoms with Crippen LogP contribution in [0.5, 0.6) is 5.75 Å². The molecule has 0 unspecified atom stereocenters. The first-order valence-corrected chi connectivity index (χ1v) is 8.73. The van der Waals surface area contributed by atoms with Crippen molar-refractivity contribution in [3.05, 3.63) is 65.7 Å². The van der Waals surface area contributed by atoms with Crippen molar-refractivity contribution in [2.45, 2.75) is 26.3 Å². The highest BCUT2D eigenvalue weighted by molar-refractivity contribution is 5.89. The van der Waals surface area contributed by atoms with E-state index in [1.54, 1.807) is 31.2 Å². The fraction of sp³-hybridized carbons (Fsp3) is 0.286. The summed E-state index contributed by atoms with van der Waals surface area (Å²) in [6.45, 7) is 3.26. The second-order valence-corrected chi connectivity index (χ2v) is 5.95. The molecule has 0 bridgehead atoms. The van der Waals surface area contributed by atoms with Crippen LogP contribution in [0.15, 0.2) is 54.6 Å². The number of ether oxygens (including phenoxy) is 2. The smallest absolute Gasteiger partial charge is 0.338 e. The third-order valence-electron chi connectivity index (χ3n) is 3.84. The minimum absolute atomic E-state index is 0.119. The molecular weight excluding hydrogens is 346 g/mol. The molecule has 1 N–H and O–H groups in total. The normalized spacial score (nSPS) is 11.3. The number of Topliss-reactive ketones (excluding diaryl/α,β-unsaturated/α-hetero) is 1. The Morgan fingerprint density at radius 2 is 1.67 bits per heavy atom. The van der Waals surface area contributed by atoms with E-state index in [1.807, 2.05) is 30.3 Å². The molecule has 0 radical (unpaired) electrons. The summed E-state index contributed by atoms with van der Waals surface area (Å²) in [4.78, 5) is 35.5. The maximum absolute atomic E-state index is 12.1. The molecule has 27 heavy (non-hydrogen) atoms. The molecule has 2 rings (SSSR count). The molecular formula is C21H23NO5. The van der Waals surface area contributed by atoms with Crippen LogP contribution in [0.1, 0.15) is 29.8 Å². The second-order valence-electron chi connectivity index (χ2n) is 5.95. The Bertz CT molecular complexity index is 771. The van der Waals surface area contributed by atoms with E-state index >= 15 is 0 Å². The summed E-state index contributed by atoms with van der Waals surface area (Å²) in [5, 5.41) is 2.69. The van der Waals surface area contributed by atoms with Gasteiger partial charge >= 0.3 is 5.97 Å². The van der Waals surface area contributed by atoms with Gasteiger partial charge in [0.05, 0.1) is 18.2 Å². The van der Waals surface area contributed by atoms with Gasteiger partial charge in [0.15, 0.2) is 12.4 Å². The van der Waals surface area contributed by atoms with Crippen LogP contribution in [0, 0.1) is 0 Å². The van der Waals surface area contributed by atoms with Gasteiger partial charge in [0, 0.05) is 0 Å². The Morgan fingerprint density at radius 3 is 2.26 bits per heavy atom. The van der Waals surface area contributed by atoms with Gasteiger partial charge in [-0.3, -0.25) is 9.59 Å². The van der Waals surface area contributed by atoms with E-state index in [0.29, 0.717) is 24.3 Å². The number of hydrogen-bond acceptors (Lipinski definition) is 5.